The second kappa shape index (κ2) is 6.78. The largest absolute Gasteiger partial charge is 0.423 e. The maximum absolute atomic E-state index is 12.1. The van der Waals surface area contributed by atoms with Gasteiger partial charge in [-0.25, -0.2) is 9.59 Å². The number of fused-ring (bicyclic) bond motifs is 1. The molecule has 0 unspecified atom stereocenters. The molecule has 0 aliphatic rings. The van der Waals surface area contributed by atoms with Crippen LogP contribution in [0.5, 0.6) is 0 Å². The Bertz CT molecular complexity index is 948. The van der Waals surface area contributed by atoms with Crippen molar-refractivity contribution in [2.75, 3.05) is 11.9 Å². The van der Waals surface area contributed by atoms with Crippen molar-refractivity contribution < 1.29 is 14.3 Å². The first-order chi connectivity index (χ1) is 11.9. The molecule has 6 heteroatoms. The van der Waals surface area contributed by atoms with Crippen molar-refractivity contribution in [3.8, 4) is 0 Å². The van der Waals surface area contributed by atoms with Gasteiger partial charge in [-0.1, -0.05) is 30.3 Å². The highest BCUT2D eigenvalue weighted by Crippen LogP contribution is 2.20. The van der Waals surface area contributed by atoms with Crippen molar-refractivity contribution in [3.05, 3.63) is 76.6 Å². The van der Waals surface area contributed by atoms with Gasteiger partial charge in [0.25, 0.3) is 0 Å². The van der Waals surface area contributed by atoms with E-state index in [9.17, 15) is 14.7 Å². The van der Waals surface area contributed by atoms with E-state index in [1.807, 2.05) is 18.2 Å². The van der Waals surface area contributed by atoms with Crippen LogP contribution in [-0.2, 0) is 5.60 Å². The molecule has 1 aromatic heterocycles. The van der Waals surface area contributed by atoms with Crippen molar-refractivity contribution >= 4 is 22.7 Å². The molecule has 3 rings (SSSR count). The molecule has 0 spiro atoms. The highest BCUT2D eigenvalue weighted by molar-refractivity contribution is 5.92. The zero-order valence-electron chi connectivity index (χ0n) is 13.7. The summed E-state index contributed by atoms with van der Waals surface area (Å²) in [6.07, 6.45) is 0. The second-order valence-electron chi connectivity index (χ2n) is 5.95. The Labute approximate surface area is 144 Å². The van der Waals surface area contributed by atoms with Crippen LogP contribution >= 0.6 is 0 Å². The van der Waals surface area contributed by atoms with E-state index in [1.54, 1.807) is 43.3 Å². The fraction of sp³-hybridized carbons (Fsp3) is 0.158. The molecule has 128 valence electrons. The number of anilines is 1. The summed E-state index contributed by atoms with van der Waals surface area (Å²) in [5.41, 5.74) is 0.125. The van der Waals surface area contributed by atoms with Gasteiger partial charge in [-0.3, -0.25) is 0 Å². The van der Waals surface area contributed by atoms with Crippen LogP contribution in [0.3, 0.4) is 0 Å². The van der Waals surface area contributed by atoms with Crippen LogP contribution in [0.4, 0.5) is 10.5 Å². The van der Waals surface area contributed by atoms with Gasteiger partial charge in [-0.05, 0) is 36.8 Å². The highest BCUT2D eigenvalue weighted by Gasteiger charge is 2.23. The number of carbonyl (C=O) groups is 1. The molecule has 0 bridgehead atoms. The number of benzene rings is 2. The van der Waals surface area contributed by atoms with E-state index in [-0.39, 0.29) is 6.54 Å². The van der Waals surface area contributed by atoms with Crippen molar-refractivity contribution in [2.24, 2.45) is 0 Å². The Balaban J connectivity index is 1.64. The minimum Gasteiger partial charge on any atom is -0.423 e. The van der Waals surface area contributed by atoms with Gasteiger partial charge in [0.05, 0.1) is 6.54 Å². The lowest BCUT2D eigenvalue weighted by molar-refractivity contribution is 0.0599. The van der Waals surface area contributed by atoms with E-state index in [0.29, 0.717) is 16.7 Å². The summed E-state index contributed by atoms with van der Waals surface area (Å²) in [5, 5.41) is 16.5. The van der Waals surface area contributed by atoms with Crippen LogP contribution in [0.15, 0.2) is 69.9 Å². The van der Waals surface area contributed by atoms with Crippen LogP contribution in [0, 0.1) is 0 Å². The van der Waals surface area contributed by atoms with Gasteiger partial charge < -0.3 is 20.2 Å². The zero-order valence-corrected chi connectivity index (χ0v) is 13.7. The van der Waals surface area contributed by atoms with Gasteiger partial charge in [-0.15, -0.1) is 0 Å². The van der Waals surface area contributed by atoms with E-state index >= 15 is 0 Å². The SMILES string of the molecule is C[C@](O)(CNC(=O)Nc1ccc2oc(=O)ccc2c1)c1ccccc1. The van der Waals surface area contributed by atoms with Crippen molar-refractivity contribution in [1.29, 1.82) is 0 Å². The molecule has 6 nitrogen and oxygen atoms in total. The van der Waals surface area contributed by atoms with Crippen LogP contribution < -0.4 is 16.3 Å². The predicted octanol–water partition coefficient (Wildman–Crippen LogP) is 2.82. The average Bonchev–Trinajstić information content (AvgIpc) is 2.61. The molecule has 3 N–H and O–H groups in total. The van der Waals surface area contributed by atoms with Gasteiger partial charge >= 0.3 is 11.7 Å². The molecule has 0 saturated heterocycles. The van der Waals surface area contributed by atoms with Gasteiger partial charge in [0.1, 0.15) is 11.2 Å². The van der Waals surface area contributed by atoms with Crippen LogP contribution in [0.2, 0.25) is 0 Å². The smallest absolute Gasteiger partial charge is 0.336 e. The van der Waals surface area contributed by atoms with Gasteiger partial charge in [0.15, 0.2) is 0 Å². The Morgan fingerprint density at radius 2 is 1.88 bits per heavy atom. The maximum Gasteiger partial charge on any atom is 0.336 e. The monoisotopic (exact) mass is 338 g/mol. The molecular weight excluding hydrogens is 320 g/mol. The first kappa shape index (κ1) is 16.7. The number of carbonyl (C=O) groups excluding carboxylic acids is 1. The van der Waals surface area contributed by atoms with Crippen LogP contribution in [-0.4, -0.2) is 17.7 Å². The highest BCUT2D eigenvalue weighted by atomic mass is 16.4. The van der Waals surface area contributed by atoms with Crippen molar-refractivity contribution in [2.45, 2.75) is 12.5 Å². The summed E-state index contributed by atoms with van der Waals surface area (Å²) in [5.74, 6) is 0. The third-order valence-electron chi connectivity index (χ3n) is 3.87. The third kappa shape index (κ3) is 4.05. The second-order valence-corrected chi connectivity index (χ2v) is 5.95. The molecule has 25 heavy (non-hydrogen) atoms. The number of nitrogens with one attached hydrogen (secondary N) is 2. The summed E-state index contributed by atoms with van der Waals surface area (Å²) in [6, 6.07) is 16.6. The third-order valence-corrected chi connectivity index (χ3v) is 3.87. The van der Waals surface area contributed by atoms with Crippen LogP contribution in [0.1, 0.15) is 12.5 Å². The molecule has 0 aliphatic carbocycles. The zero-order chi connectivity index (χ0) is 17.9. The minimum atomic E-state index is -1.18. The number of hydrogen-bond acceptors (Lipinski definition) is 4. The lowest BCUT2D eigenvalue weighted by Crippen LogP contribution is -2.40. The fourth-order valence-corrected chi connectivity index (χ4v) is 2.48. The Morgan fingerprint density at radius 1 is 1.12 bits per heavy atom. The minimum absolute atomic E-state index is 0.0608. The summed E-state index contributed by atoms with van der Waals surface area (Å²) in [7, 11) is 0. The van der Waals surface area contributed by atoms with Gasteiger partial charge in [-0.2, -0.15) is 0 Å². The van der Waals surface area contributed by atoms with Gasteiger partial charge in [0.2, 0.25) is 0 Å². The Morgan fingerprint density at radius 3 is 2.64 bits per heavy atom. The molecule has 2 amide bonds. The lowest BCUT2D eigenvalue weighted by Gasteiger charge is -2.24. The summed E-state index contributed by atoms with van der Waals surface area (Å²) < 4.78 is 5.05. The average molecular weight is 338 g/mol. The van der Waals surface area contributed by atoms with Crippen LogP contribution in [0.25, 0.3) is 11.0 Å². The summed E-state index contributed by atoms with van der Waals surface area (Å²) in [6.45, 7) is 1.70. The first-order valence-corrected chi connectivity index (χ1v) is 7.81. The Kier molecular flexibility index (Phi) is 4.54. The summed E-state index contributed by atoms with van der Waals surface area (Å²) in [4.78, 5) is 23.2. The van der Waals surface area contributed by atoms with Crippen molar-refractivity contribution in [1.82, 2.24) is 5.32 Å². The van der Waals surface area contributed by atoms with E-state index in [1.165, 1.54) is 6.07 Å². The van der Waals surface area contributed by atoms with E-state index < -0.39 is 17.3 Å². The number of rotatable bonds is 4. The molecule has 0 radical (unpaired) electrons. The molecule has 2 aromatic carbocycles. The van der Waals surface area contributed by atoms with E-state index in [0.717, 1.165) is 5.56 Å². The topological polar surface area (TPSA) is 91.6 Å². The molecule has 0 saturated carbocycles. The molecule has 1 atom stereocenters. The predicted molar refractivity (Wildman–Crippen MR) is 95.5 cm³/mol. The number of urea groups is 1. The van der Waals surface area contributed by atoms with E-state index in [2.05, 4.69) is 10.6 Å². The number of hydrogen-bond donors (Lipinski definition) is 3. The molecular formula is C19H18N2O4. The van der Waals surface area contributed by atoms with Gasteiger partial charge in [0, 0.05) is 17.1 Å². The lowest BCUT2D eigenvalue weighted by atomic mass is 9.96. The standard InChI is InChI=1S/C19H18N2O4/c1-19(24,14-5-3-2-4-6-14)12-20-18(23)21-15-8-9-16-13(11-15)7-10-17(22)25-16/h2-11,24H,12H2,1H3,(H2,20,21,23)/t19-/m0/s1. The number of amides is 2. The number of aliphatic hydroxyl groups is 1. The maximum atomic E-state index is 12.1. The summed E-state index contributed by atoms with van der Waals surface area (Å²) >= 11 is 0. The Hall–Kier alpha value is -3.12. The molecule has 3 aromatic rings. The first-order valence-electron chi connectivity index (χ1n) is 7.81. The molecule has 0 aliphatic heterocycles. The van der Waals surface area contributed by atoms with E-state index in [4.69, 9.17) is 4.42 Å². The fourth-order valence-electron chi connectivity index (χ4n) is 2.48. The molecule has 0 fully saturated rings. The quantitative estimate of drug-likeness (QED) is 0.638. The molecule has 1 heterocycles. The van der Waals surface area contributed by atoms with Crippen molar-refractivity contribution in [3.63, 3.8) is 0 Å². The normalized spacial score (nSPS) is 13.2.